The van der Waals surface area contributed by atoms with Gasteiger partial charge in [0.15, 0.2) is 0 Å². The second kappa shape index (κ2) is 12.9. The van der Waals surface area contributed by atoms with Crippen LogP contribution < -0.4 is 21.7 Å². The maximum absolute atomic E-state index is 14.2. The molecule has 13 nitrogen and oxygen atoms in total. The Morgan fingerprint density at radius 1 is 0.977 bits per heavy atom. The average molecular weight is 620 g/mol. The lowest BCUT2D eigenvalue weighted by Crippen LogP contribution is -2.62. The van der Waals surface area contributed by atoms with Crippen molar-refractivity contribution >= 4 is 35.7 Å². The van der Waals surface area contributed by atoms with E-state index in [1.807, 2.05) is 20.8 Å². The van der Waals surface area contributed by atoms with Crippen LogP contribution in [0.4, 0.5) is 9.59 Å². The molecule has 246 valence electrons. The molecule has 5 N–H and O–H groups in total. The Hall–Kier alpha value is -3.38. The van der Waals surface area contributed by atoms with Crippen molar-refractivity contribution in [3.05, 3.63) is 0 Å². The fourth-order valence-electron chi connectivity index (χ4n) is 7.05. The number of carbonyl (C=O) groups is 6. The Labute approximate surface area is 259 Å². The number of nitrogens with one attached hydrogen (secondary N) is 3. The topological polar surface area (TPSA) is 186 Å². The van der Waals surface area contributed by atoms with Gasteiger partial charge in [0.1, 0.15) is 18.7 Å². The van der Waals surface area contributed by atoms with Gasteiger partial charge in [0.25, 0.3) is 5.91 Å². The fourth-order valence-corrected chi connectivity index (χ4v) is 7.05. The van der Waals surface area contributed by atoms with Crippen molar-refractivity contribution in [2.24, 2.45) is 40.2 Å². The van der Waals surface area contributed by atoms with Crippen LogP contribution in [0.5, 0.6) is 0 Å². The van der Waals surface area contributed by atoms with Crippen LogP contribution in [0, 0.1) is 34.5 Å². The normalized spacial score (nSPS) is 26.0. The molecule has 0 spiro atoms. The lowest BCUT2D eigenvalue weighted by molar-refractivity contribution is -0.145. The van der Waals surface area contributed by atoms with Gasteiger partial charge in [-0.15, -0.1) is 0 Å². The highest BCUT2D eigenvalue weighted by Gasteiger charge is 2.70. The molecule has 1 aliphatic heterocycles. The van der Waals surface area contributed by atoms with E-state index in [9.17, 15) is 28.8 Å². The smallest absolute Gasteiger partial charge is 0.438 e. The highest BCUT2D eigenvalue weighted by molar-refractivity contribution is 6.37. The Kier molecular flexibility index (Phi) is 9.84. The van der Waals surface area contributed by atoms with Crippen molar-refractivity contribution in [2.45, 2.75) is 104 Å². The number of fused-ring (bicyclic) bond motifs is 1. The zero-order chi connectivity index (χ0) is 32.6. The quantitative estimate of drug-likeness (QED) is 0.188. The Balaban J connectivity index is 1.49. The minimum atomic E-state index is -1.10. The van der Waals surface area contributed by atoms with E-state index >= 15 is 0 Å². The zero-order valence-corrected chi connectivity index (χ0v) is 26.8. The van der Waals surface area contributed by atoms with E-state index in [4.69, 9.17) is 10.5 Å². The van der Waals surface area contributed by atoms with Gasteiger partial charge in [-0.1, -0.05) is 60.3 Å². The summed E-state index contributed by atoms with van der Waals surface area (Å²) in [6, 6.07) is -3.92. The van der Waals surface area contributed by atoms with Crippen molar-refractivity contribution in [3.8, 4) is 0 Å². The summed E-state index contributed by atoms with van der Waals surface area (Å²) in [6.07, 6.45) is 5.12. The molecule has 4 aliphatic rings. The van der Waals surface area contributed by atoms with Gasteiger partial charge >= 0.3 is 12.2 Å². The van der Waals surface area contributed by atoms with Crippen LogP contribution in [0.2, 0.25) is 0 Å². The van der Waals surface area contributed by atoms with Gasteiger partial charge in [0.05, 0.1) is 19.2 Å². The molecule has 0 aromatic heterocycles. The molecule has 0 bridgehead atoms. The molecule has 5 amide bonds. The van der Waals surface area contributed by atoms with Crippen LogP contribution >= 0.6 is 0 Å². The molecule has 1 heterocycles. The summed E-state index contributed by atoms with van der Waals surface area (Å²) in [6.45, 7) is 9.86. The largest absolute Gasteiger partial charge is 0.508 e. The number of urea groups is 1. The Morgan fingerprint density at radius 3 is 2.11 bits per heavy atom. The van der Waals surface area contributed by atoms with Crippen molar-refractivity contribution in [1.29, 1.82) is 0 Å². The number of nitrogens with zero attached hydrogens (tertiary/aromatic N) is 1. The van der Waals surface area contributed by atoms with Crippen molar-refractivity contribution in [3.63, 3.8) is 0 Å². The Morgan fingerprint density at radius 2 is 1.61 bits per heavy atom. The number of piperidine rings is 1. The van der Waals surface area contributed by atoms with E-state index in [0.717, 1.165) is 38.5 Å². The van der Waals surface area contributed by atoms with Crippen LogP contribution in [0.25, 0.3) is 0 Å². The molecule has 3 aliphatic carbocycles. The third kappa shape index (κ3) is 7.12. The summed E-state index contributed by atoms with van der Waals surface area (Å²) < 4.78 is 9.66. The summed E-state index contributed by atoms with van der Waals surface area (Å²) in [5.74, 6) is -2.53. The van der Waals surface area contributed by atoms with E-state index in [2.05, 4.69) is 34.5 Å². The van der Waals surface area contributed by atoms with Crippen molar-refractivity contribution in [2.75, 3.05) is 20.3 Å². The molecule has 0 aromatic rings. The summed E-state index contributed by atoms with van der Waals surface area (Å²) in [7, 11) is 1.21. The van der Waals surface area contributed by atoms with E-state index in [-0.39, 0.29) is 35.7 Å². The highest BCUT2D eigenvalue weighted by Crippen LogP contribution is 2.65. The van der Waals surface area contributed by atoms with Crippen LogP contribution in [-0.4, -0.2) is 85.0 Å². The molecule has 0 aromatic carbocycles. The fraction of sp³-hybridized carbons (Fsp3) is 0.806. The molecule has 4 fully saturated rings. The molecule has 0 radical (unpaired) electrons. The third-order valence-electron chi connectivity index (χ3n) is 10.4. The average Bonchev–Trinajstić information content (AvgIpc) is 3.20. The first-order valence-electron chi connectivity index (χ1n) is 15.8. The van der Waals surface area contributed by atoms with E-state index in [1.54, 1.807) is 0 Å². The number of primary amides is 1. The minimum absolute atomic E-state index is 0.0578. The number of nitrogens with two attached hydrogens (primary N) is 1. The number of Topliss-reactive ketones (excluding diaryl/α,β-unsaturated/α-hetero) is 1. The summed E-state index contributed by atoms with van der Waals surface area (Å²) in [5.41, 5.74) is 4.41. The van der Waals surface area contributed by atoms with Crippen LogP contribution in [0.3, 0.4) is 0 Å². The second-order valence-corrected chi connectivity index (χ2v) is 14.7. The Bertz CT molecular complexity index is 1160. The molecule has 13 heteroatoms. The predicted octanol–water partition coefficient (Wildman–Crippen LogP) is 1.86. The number of hydrogen-bond donors (Lipinski definition) is 4. The molecule has 6 atom stereocenters. The molecule has 4 rings (SSSR count). The highest BCUT2D eigenvalue weighted by atomic mass is 16.7. The predicted molar refractivity (Wildman–Crippen MR) is 159 cm³/mol. The van der Waals surface area contributed by atoms with Gasteiger partial charge in [-0.2, -0.15) is 0 Å². The number of ether oxygens (including phenoxy) is 2. The lowest BCUT2D eigenvalue weighted by Gasteiger charge is -2.39. The first kappa shape index (κ1) is 33.5. The number of hydrogen-bond acceptors (Lipinski definition) is 8. The SMILES string of the molecule is COC(=O)OC[C@@H](NC(=O)N[C@H](C(=O)N1C[C@H]2[C@@H]([C@H]1C(=O)NC(CC1CCC1)C(=O)C(N)=O)C2(C)C)C(C)(C)C)C1CCC1. The van der Waals surface area contributed by atoms with E-state index in [1.165, 1.54) is 12.0 Å². The van der Waals surface area contributed by atoms with E-state index < -0.39 is 65.3 Å². The van der Waals surface area contributed by atoms with Crippen LogP contribution in [-0.2, 0) is 28.7 Å². The lowest BCUT2D eigenvalue weighted by atomic mass is 9.80. The van der Waals surface area contributed by atoms with Crippen LogP contribution in [0.1, 0.15) is 79.6 Å². The van der Waals surface area contributed by atoms with Gasteiger partial charge in [0.2, 0.25) is 17.6 Å². The molecular formula is C31H49N5O8. The zero-order valence-electron chi connectivity index (χ0n) is 26.8. The van der Waals surface area contributed by atoms with E-state index in [0.29, 0.717) is 13.0 Å². The first-order valence-corrected chi connectivity index (χ1v) is 15.8. The number of carbonyl (C=O) groups excluding carboxylic acids is 6. The summed E-state index contributed by atoms with van der Waals surface area (Å²) in [4.78, 5) is 78.9. The van der Waals surface area contributed by atoms with Gasteiger partial charge < -0.3 is 36.1 Å². The number of amides is 5. The monoisotopic (exact) mass is 619 g/mol. The van der Waals surface area contributed by atoms with Gasteiger partial charge in [-0.05, 0) is 53.8 Å². The van der Waals surface area contributed by atoms with Crippen molar-refractivity contribution < 1.29 is 38.2 Å². The summed E-state index contributed by atoms with van der Waals surface area (Å²) in [5, 5.41) is 8.49. The number of methoxy groups -OCH3 is 1. The number of likely N-dealkylation sites (tertiary alicyclic amines) is 1. The van der Waals surface area contributed by atoms with Gasteiger partial charge in [-0.25, -0.2) is 9.59 Å². The van der Waals surface area contributed by atoms with Crippen LogP contribution in [0.15, 0.2) is 0 Å². The minimum Gasteiger partial charge on any atom is -0.438 e. The maximum atomic E-state index is 14.2. The molecular weight excluding hydrogens is 570 g/mol. The number of rotatable bonds is 12. The third-order valence-corrected chi connectivity index (χ3v) is 10.4. The molecule has 1 unspecified atom stereocenters. The van der Waals surface area contributed by atoms with Gasteiger partial charge in [-0.3, -0.25) is 19.2 Å². The standard InChI is InChI=1S/C31H49N5O8/c1-30(2,3)24(35-28(41)34-20(17-11-8-12-17)15-44-29(42)43-6)27(40)36-14-18-21(31(18,4)5)22(36)26(39)33-19(23(37)25(32)38)13-16-9-7-10-16/h16-22,24H,7-15H2,1-6H3,(H2,32,38)(H,33,39)(H2,34,35,41)/t18-,19?,20+,21-,22-,24+/m0/s1. The first-order chi connectivity index (χ1) is 20.6. The maximum Gasteiger partial charge on any atom is 0.508 e. The van der Waals surface area contributed by atoms with Gasteiger partial charge in [0, 0.05) is 6.54 Å². The molecule has 1 saturated heterocycles. The van der Waals surface area contributed by atoms with Crippen molar-refractivity contribution in [1.82, 2.24) is 20.9 Å². The number of ketones is 1. The second-order valence-electron chi connectivity index (χ2n) is 14.7. The molecule has 3 saturated carbocycles. The molecule has 44 heavy (non-hydrogen) atoms. The summed E-state index contributed by atoms with van der Waals surface area (Å²) >= 11 is 0.